The minimum absolute atomic E-state index is 0.00927. The first-order valence-corrected chi connectivity index (χ1v) is 27.6. The number of carbonyl (C=O) groups excluding carboxylic acids is 1. The first kappa shape index (κ1) is 47.9. The van der Waals surface area contributed by atoms with Crippen LogP contribution in [0.25, 0.3) is 6.08 Å². The number of benzene rings is 5. The van der Waals surface area contributed by atoms with Crippen molar-refractivity contribution in [2.24, 2.45) is 0 Å². The molecule has 1 aliphatic heterocycles. The predicted octanol–water partition coefficient (Wildman–Crippen LogP) is 14.2. The van der Waals surface area contributed by atoms with Crippen LogP contribution in [-0.2, 0) is 26.4 Å². The molecule has 0 amide bonds. The van der Waals surface area contributed by atoms with Gasteiger partial charge in [-0.1, -0.05) is 155 Å². The maximum Gasteiger partial charge on any atom is 0.342 e. The largest absolute Gasteiger partial charge is 0.507 e. The van der Waals surface area contributed by atoms with Crippen LogP contribution in [0.3, 0.4) is 0 Å². The van der Waals surface area contributed by atoms with Gasteiger partial charge in [0.05, 0.1) is 11.3 Å². The Balaban J connectivity index is 1.57. The lowest BCUT2D eigenvalue weighted by Crippen LogP contribution is -2.52. The topological polar surface area (TPSA) is 46.5 Å². The number of aromatic hydroxyl groups is 1. The van der Waals surface area contributed by atoms with E-state index in [0.29, 0.717) is 0 Å². The highest BCUT2D eigenvalue weighted by Gasteiger charge is 2.74. The summed E-state index contributed by atoms with van der Waals surface area (Å²) < 4.78 is 6.95. The molecule has 7 rings (SSSR count). The number of allylic oxidation sites excluding steroid dienone is 1. The fourth-order valence-electron chi connectivity index (χ4n) is 10.6. The van der Waals surface area contributed by atoms with Crippen LogP contribution < -0.4 is 21.2 Å². The Morgan fingerprint density at radius 1 is 0.562 bits per heavy atom. The highest BCUT2D eigenvalue weighted by atomic mass is 31.2. The van der Waals surface area contributed by atoms with Gasteiger partial charge in [0.25, 0.3) is 0 Å². The zero-order valence-corrected chi connectivity index (χ0v) is 43.3. The Hall–Kier alpha value is -4.03. The maximum atomic E-state index is 15.0. The Morgan fingerprint density at radius 2 is 0.906 bits per heavy atom. The van der Waals surface area contributed by atoms with E-state index in [4.69, 9.17) is 4.74 Å². The maximum absolute atomic E-state index is 15.0. The molecule has 2 fully saturated rings. The third-order valence-electron chi connectivity index (χ3n) is 14.7. The van der Waals surface area contributed by atoms with Gasteiger partial charge in [0.1, 0.15) is 47.1 Å². The highest BCUT2D eigenvalue weighted by Crippen LogP contribution is 2.85. The lowest BCUT2D eigenvalue weighted by atomic mass is 9.87. The summed E-state index contributed by atoms with van der Waals surface area (Å²) >= 11 is 0. The van der Waals surface area contributed by atoms with Crippen molar-refractivity contribution in [1.82, 2.24) is 0 Å². The van der Waals surface area contributed by atoms with Gasteiger partial charge in [0.2, 0.25) is 5.40 Å². The summed E-state index contributed by atoms with van der Waals surface area (Å²) in [4.78, 5) is 15.0. The van der Waals surface area contributed by atoms with Crippen molar-refractivity contribution in [3.63, 3.8) is 0 Å². The molecule has 2 aliphatic rings. The number of rotatable bonds is 8. The number of ether oxygens (including phenoxy) is 1. The van der Waals surface area contributed by atoms with Gasteiger partial charge in [-0.3, -0.25) is 0 Å². The standard InChI is InChI=1S/C59H75O3P2/c1-40-37-41(2)64(50-33-25-46(26-34-50)58(9,10)11,51-35-27-47(28-36-51)59(12,13)14)53(39-62-55(61)54-43(19-16-20-52(54)60)38-42-17-15-18-42)63(40,48-29-21-44(22-30-48)56(3,4)5)49-31-23-45(24-32-49)57(6,7)8/h16,19-36,38,40-41,53H,15,17-18,37,39H2,1-14H3/q+1/p+1. The summed E-state index contributed by atoms with van der Waals surface area (Å²) in [5.41, 5.74) is 8.07. The molecule has 0 spiro atoms. The van der Waals surface area contributed by atoms with E-state index in [2.05, 4.69) is 200 Å². The minimum Gasteiger partial charge on any atom is -0.507 e. The Kier molecular flexibility index (Phi) is 13.2. The second-order valence-corrected chi connectivity index (χ2v) is 31.7. The number of hydrogen-bond donors (Lipinski definition) is 1. The van der Waals surface area contributed by atoms with Gasteiger partial charge in [-0.2, -0.15) is 0 Å². The van der Waals surface area contributed by atoms with Gasteiger partial charge < -0.3 is 9.84 Å². The molecule has 0 aromatic heterocycles. The molecule has 1 saturated heterocycles. The summed E-state index contributed by atoms with van der Waals surface area (Å²) in [7, 11) is -5.02. The lowest BCUT2D eigenvalue weighted by molar-refractivity contribution is 0.0517. The summed E-state index contributed by atoms with van der Waals surface area (Å²) in [6.07, 6.45) is 6.33. The van der Waals surface area contributed by atoms with Crippen molar-refractivity contribution in [3.8, 4) is 5.75 Å². The second kappa shape index (κ2) is 17.6. The molecule has 2 unspecified atom stereocenters. The van der Waals surface area contributed by atoms with Crippen molar-refractivity contribution in [2.45, 2.75) is 161 Å². The van der Waals surface area contributed by atoms with Gasteiger partial charge >= 0.3 is 5.97 Å². The van der Waals surface area contributed by atoms with Gasteiger partial charge in [0, 0.05) is 6.42 Å². The molecule has 1 N–H and O–H groups in total. The van der Waals surface area contributed by atoms with Crippen LogP contribution in [0.5, 0.6) is 5.75 Å². The zero-order valence-electron chi connectivity index (χ0n) is 41.5. The fraction of sp³-hybridized carbons (Fsp3) is 0.441. The number of esters is 1. The van der Waals surface area contributed by atoms with E-state index in [-0.39, 0.29) is 56.3 Å². The predicted molar refractivity (Wildman–Crippen MR) is 280 cm³/mol. The van der Waals surface area contributed by atoms with Crippen LogP contribution in [0.2, 0.25) is 0 Å². The molecule has 64 heavy (non-hydrogen) atoms. The monoisotopic (exact) mass is 895 g/mol. The number of hydrogen-bond acceptors (Lipinski definition) is 3. The molecule has 1 aliphatic carbocycles. The molecule has 1 heterocycles. The Labute approximate surface area is 388 Å². The van der Waals surface area contributed by atoms with Crippen molar-refractivity contribution in [1.29, 1.82) is 0 Å². The van der Waals surface area contributed by atoms with E-state index < -0.39 is 20.5 Å². The van der Waals surface area contributed by atoms with Crippen molar-refractivity contribution in [2.75, 3.05) is 6.61 Å². The molecule has 5 heteroatoms. The SMILES string of the molecule is CC1CC(C)[P+](c2ccc(C(C)(C)C)cc2)(c2ccc(C(C)(C)C)cc2)C(COC(=O)c2c(O)cccc2C=C2CCC2)[P+]1(c1ccc(C(C)(C)C)cc1)c1ccc(C(C)(C)C)cc1. The molecule has 5 aromatic carbocycles. The minimum atomic E-state index is -2.51. The first-order chi connectivity index (χ1) is 29.9. The fourth-order valence-corrected chi connectivity index (χ4v) is 25.7. The molecule has 3 nitrogen and oxygen atoms in total. The molecular formula is C59H76O3P2+2. The quantitative estimate of drug-likeness (QED) is 0.125. The van der Waals surface area contributed by atoms with Gasteiger partial charge in [-0.25, -0.2) is 4.79 Å². The molecule has 5 aromatic rings. The molecule has 338 valence electrons. The Morgan fingerprint density at radius 3 is 1.20 bits per heavy atom. The van der Waals surface area contributed by atoms with E-state index >= 15 is 0 Å². The van der Waals surface area contributed by atoms with Crippen LogP contribution in [0.1, 0.15) is 161 Å². The molecule has 2 atom stereocenters. The van der Waals surface area contributed by atoms with Gasteiger partial charge in [0.15, 0.2) is 6.61 Å². The van der Waals surface area contributed by atoms with Crippen molar-refractivity contribution >= 4 is 47.8 Å². The number of phenolic OH excluding ortho intramolecular Hbond substituents is 1. The first-order valence-electron chi connectivity index (χ1n) is 23.8. The van der Waals surface area contributed by atoms with E-state index in [0.717, 1.165) is 31.2 Å². The molecule has 0 bridgehead atoms. The molecule has 1 saturated carbocycles. The van der Waals surface area contributed by atoms with Crippen LogP contribution in [-0.4, -0.2) is 34.4 Å². The number of phenols is 1. The zero-order chi connectivity index (χ0) is 46.6. The van der Waals surface area contributed by atoms with Crippen LogP contribution >= 0.6 is 14.5 Å². The van der Waals surface area contributed by atoms with E-state index in [1.807, 2.05) is 12.1 Å². The van der Waals surface area contributed by atoms with Gasteiger partial charge in [-0.15, -0.1) is 0 Å². The highest BCUT2D eigenvalue weighted by molar-refractivity contribution is 8.06. The van der Waals surface area contributed by atoms with Crippen LogP contribution in [0, 0.1) is 0 Å². The second-order valence-electron chi connectivity index (χ2n) is 23.2. The summed E-state index contributed by atoms with van der Waals surface area (Å²) in [5.74, 6) is -0.485. The summed E-state index contributed by atoms with van der Waals surface area (Å²) in [5, 5.41) is 16.8. The van der Waals surface area contributed by atoms with Gasteiger partial charge in [-0.05, 0) is 137 Å². The normalized spacial score (nSPS) is 20.0. The van der Waals surface area contributed by atoms with Crippen molar-refractivity contribution < 1.29 is 14.6 Å². The van der Waals surface area contributed by atoms with Crippen LogP contribution in [0.15, 0.2) is 121 Å². The van der Waals surface area contributed by atoms with Crippen molar-refractivity contribution in [3.05, 3.63) is 154 Å². The molecule has 0 radical (unpaired) electrons. The summed E-state index contributed by atoms with van der Waals surface area (Å²) in [6.45, 7) is 32.7. The van der Waals surface area contributed by atoms with Crippen LogP contribution in [0.4, 0.5) is 0 Å². The number of carbonyl (C=O) groups is 1. The van der Waals surface area contributed by atoms with E-state index in [1.165, 1.54) is 49.0 Å². The van der Waals surface area contributed by atoms with E-state index in [1.54, 1.807) is 6.07 Å². The lowest BCUT2D eigenvalue weighted by Gasteiger charge is -2.50. The van der Waals surface area contributed by atoms with E-state index in [9.17, 15) is 9.90 Å². The average molecular weight is 895 g/mol. The molecular weight excluding hydrogens is 819 g/mol. The smallest absolute Gasteiger partial charge is 0.342 e. The Bertz CT molecular complexity index is 2210. The third-order valence-corrected chi connectivity index (χ3v) is 26.8. The third kappa shape index (κ3) is 8.95. The average Bonchev–Trinajstić information content (AvgIpc) is 3.20. The summed E-state index contributed by atoms with van der Waals surface area (Å²) in [6, 6.07) is 43.9.